The van der Waals surface area contributed by atoms with Crippen molar-refractivity contribution in [3.63, 3.8) is 0 Å². The molecule has 8 nitrogen and oxygen atoms in total. The van der Waals surface area contributed by atoms with Crippen molar-refractivity contribution in [2.75, 3.05) is 11.1 Å². The number of anilines is 2. The molecular formula is C11H13N7O. The summed E-state index contributed by atoms with van der Waals surface area (Å²) >= 11 is 0. The van der Waals surface area contributed by atoms with Crippen molar-refractivity contribution in [1.82, 2.24) is 24.9 Å². The SMILES string of the molecule is Cc1noc2ncnc(NCc3cnn(C)c3N)c12. The van der Waals surface area contributed by atoms with Gasteiger partial charge in [-0.2, -0.15) is 10.1 Å². The van der Waals surface area contributed by atoms with Gasteiger partial charge in [-0.15, -0.1) is 0 Å². The van der Waals surface area contributed by atoms with Gasteiger partial charge in [0.15, 0.2) is 0 Å². The maximum atomic E-state index is 5.89. The summed E-state index contributed by atoms with van der Waals surface area (Å²) in [6, 6.07) is 0. The van der Waals surface area contributed by atoms with Crippen LogP contribution in [-0.4, -0.2) is 24.9 Å². The van der Waals surface area contributed by atoms with Crippen LogP contribution in [0, 0.1) is 6.92 Å². The molecule has 0 bridgehead atoms. The van der Waals surface area contributed by atoms with Gasteiger partial charge in [0.1, 0.15) is 23.3 Å². The molecule has 0 aliphatic heterocycles. The van der Waals surface area contributed by atoms with Crippen LogP contribution in [0.5, 0.6) is 0 Å². The molecule has 0 saturated heterocycles. The molecule has 3 aromatic rings. The van der Waals surface area contributed by atoms with Crippen molar-refractivity contribution in [2.45, 2.75) is 13.5 Å². The highest BCUT2D eigenvalue weighted by molar-refractivity contribution is 5.87. The van der Waals surface area contributed by atoms with Gasteiger partial charge in [-0.05, 0) is 6.92 Å². The molecule has 0 unspecified atom stereocenters. The Morgan fingerprint density at radius 1 is 1.42 bits per heavy atom. The van der Waals surface area contributed by atoms with Gasteiger partial charge < -0.3 is 15.6 Å². The lowest BCUT2D eigenvalue weighted by Crippen LogP contribution is -2.05. The summed E-state index contributed by atoms with van der Waals surface area (Å²) in [6.07, 6.45) is 3.16. The molecule has 0 aliphatic rings. The number of hydrogen-bond acceptors (Lipinski definition) is 7. The van der Waals surface area contributed by atoms with E-state index in [1.54, 1.807) is 17.9 Å². The predicted molar refractivity (Wildman–Crippen MR) is 69.3 cm³/mol. The second kappa shape index (κ2) is 4.23. The molecule has 0 spiro atoms. The van der Waals surface area contributed by atoms with Crippen molar-refractivity contribution in [2.24, 2.45) is 7.05 Å². The van der Waals surface area contributed by atoms with Crippen molar-refractivity contribution >= 4 is 22.7 Å². The molecule has 19 heavy (non-hydrogen) atoms. The second-order valence-corrected chi connectivity index (χ2v) is 4.20. The van der Waals surface area contributed by atoms with Crippen molar-refractivity contribution in [3.05, 3.63) is 23.8 Å². The molecule has 98 valence electrons. The molecule has 8 heteroatoms. The quantitative estimate of drug-likeness (QED) is 0.717. The topological polar surface area (TPSA) is 108 Å². The van der Waals surface area contributed by atoms with E-state index >= 15 is 0 Å². The van der Waals surface area contributed by atoms with Gasteiger partial charge >= 0.3 is 0 Å². The zero-order valence-corrected chi connectivity index (χ0v) is 10.6. The average molecular weight is 259 g/mol. The number of hydrogen-bond donors (Lipinski definition) is 2. The first kappa shape index (κ1) is 11.5. The summed E-state index contributed by atoms with van der Waals surface area (Å²) in [6.45, 7) is 2.37. The van der Waals surface area contributed by atoms with Crippen LogP contribution in [0.3, 0.4) is 0 Å². The zero-order valence-electron chi connectivity index (χ0n) is 10.6. The van der Waals surface area contributed by atoms with E-state index in [0.29, 0.717) is 23.9 Å². The number of nitrogen functional groups attached to an aromatic ring is 1. The Balaban J connectivity index is 1.90. The van der Waals surface area contributed by atoms with Crippen LogP contribution < -0.4 is 11.1 Å². The van der Waals surface area contributed by atoms with E-state index in [1.165, 1.54) is 6.33 Å². The molecule has 0 fully saturated rings. The molecule has 3 N–H and O–H groups in total. The molecular weight excluding hydrogens is 246 g/mol. The Morgan fingerprint density at radius 3 is 3.00 bits per heavy atom. The van der Waals surface area contributed by atoms with Gasteiger partial charge in [0.25, 0.3) is 5.71 Å². The maximum Gasteiger partial charge on any atom is 0.263 e. The number of aryl methyl sites for hydroxylation is 2. The predicted octanol–water partition coefficient (Wildman–Crippen LogP) is 0.854. The highest BCUT2D eigenvalue weighted by Crippen LogP contribution is 2.23. The number of nitrogens with one attached hydrogen (secondary N) is 1. The summed E-state index contributed by atoms with van der Waals surface area (Å²) in [5, 5.41) is 11.9. The van der Waals surface area contributed by atoms with Gasteiger partial charge in [0, 0.05) is 19.2 Å². The van der Waals surface area contributed by atoms with Crippen LogP contribution in [0.1, 0.15) is 11.3 Å². The summed E-state index contributed by atoms with van der Waals surface area (Å²) in [5.74, 6) is 1.30. The molecule has 0 saturated carbocycles. The molecule has 0 radical (unpaired) electrons. The van der Waals surface area contributed by atoms with E-state index in [4.69, 9.17) is 10.3 Å². The average Bonchev–Trinajstić information content (AvgIpc) is 2.94. The number of nitrogens with two attached hydrogens (primary N) is 1. The number of rotatable bonds is 3. The van der Waals surface area contributed by atoms with Gasteiger partial charge in [-0.3, -0.25) is 4.68 Å². The highest BCUT2D eigenvalue weighted by atomic mass is 16.5. The molecule has 3 rings (SSSR count). The molecule has 3 aromatic heterocycles. The lowest BCUT2D eigenvalue weighted by molar-refractivity contribution is 0.442. The van der Waals surface area contributed by atoms with Crippen LogP contribution in [0.2, 0.25) is 0 Å². The largest absolute Gasteiger partial charge is 0.384 e. The monoisotopic (exact) mass is 259 g/mol. The van der Waals surface area contributed by atoms with E-state index < -0.39 is 0 Å². The number of fused-ring (bicyclic) bond motifs is 1. The summed E-state index contributed by atoms with van der Waals surface area (Å²) < 4.78 is 6.71. The minimum atomic E-state index is 0.467. The fraction of sp³-hybridized carbons (Fsp3) is 0.273. The summed E-state index contributed by atoms with van der Waals surface area (Å²) in [7, 11) is 1.80. The third kappa shape index (κ3) is 1.86. The van der Waals surface area contributed by atoms with Gasteiger partial charge in [-0.1, -0.05) is 5.16 Å². The van der Waals surface area contributed by atoms with Crippen LogP contribution in [0.15, 0.2) is 17.0 Å². The lowest BCUT2D eigenvalue weighted by Gasteiger charge is -2.05. The van der Waals surface area contributed by atoms with Gasteiger partial charge in [-0.25, -0.2) is 4.98 Å². The van der Waals surface area contributed by atoms with Crippen LogP contribution in [-0.2, 0) is 13.6 Å². The van der Waals surface area contributed by atoms with Crippen molar-refractivity contribution in [1.29, 1.82) is 0 Å². The first-order chi connectivity index (χ1) is 9.16. The summed E-state index contributed by atoms with van der Waals surface area (Å²) in [5.41, 5.74) is 8.01. The van der Waals surface area contributed by atoms with E-state index in [9.17, 15) is 0 Å². The lowest BCUT2D eigenvalue weighted by atomic mass is 10.3. The molecule has 3 heterocycles. The zero-order chi connectivity index (χ0) is 13.4. The number of nitrogens with zero attached hydrogens (tertiary/aromatic N) is 5. The highest BCUT2D eigenvalue weighted by Gasteiger charge is 2.12. The Hall–Kier alpha value is -2.64. The van der Waals surface area contributed by atoms with E-state index in [2.05, 4.69) is 25.5 Å². The maximum absolute atomic E-state index is 5.89. The Labute approximate surface area is 108 Å². The van der Waals surface area contributed by atoms with Crippen molar-refractivity contribution < 1.29 is 4.52 Å². The van der Waals surface area contributed by atoms with E-state index in [0.717, 1.165) is 16.6 Å². The standard InChI is InChI=1S/C11H13N7O/c1-6-8-10(14-5-15-11(8)19-17-6)13-3-7-4-16-18(2)9(7)12/h4-5H,3,12H2,1-2H3,(H,13,14,15). The van der Waals surface area contributed by atoms with Crippen LogP contribution >= 0.6 is 0 Å². The minimum Gasteiger partial charge on any atom is -0.384 e. The third-order valence-electron chi connectivity index (χ3n) is 2.95. The minimum absolute atomic E-state index is 0.467. The molecule has 0 aliphatic carbocycles. The fourth-order valence-corrected chi connectivity index (χ4v) is 1.86. The molecule has 0 amide bonds. The van der Waals surface area contributed by atoms with E-state index in [-0.39, 0.29) is 0 Å². The van der Waals surface area contributed by atoms with Crippen LogP contribution in [0.4, 0.5) is 11.6 Å². The second-order valence-electron chi connectivity index (χ2n) is 4.20. The first-order valence-corrected chi connectivity index (χ1v) is 5.74. The van der Waals surface area contributed by atoms with E-state index in [1.807, 2.05) is 6.92 Å². The normalized spacial score (nSPS) is 11.1. The van der Waals surface area contributed by atoms with Gasteiger partial charge in [0.2, 0.25) is 0 Å². The van der Waals surface area contributed by atoms with Crippen LogP contribution in [0.25, 0.3) is 11.1 Å². The number of aromatic nitrogens is 5. The Bertz CT molecular complexity index is 730. The smallest absolute Gasteiger partial charge is 0.263 e. The third-order valence-corrected chi connectivity index (χ3v) is 2.95. The first-order valence-electron chi connectivity index (χ1n) is 5.74. The van der Waals surface area contributed by atoms with Gasteiger partial charge in [0.05, 0.1) is 11.9 Å². The Kier molecular flexibility index (Phi) is 2.55. The Morgan fingerprint density at radius 2 is 2.26 bits per heavy atom. The fourth-order valence-electron chi connectivity index (χ4n) is 1.86. The van der Waals surface area contributed by atoms with Crippen molar-refractivity contribution in [3.8, 4) is 0 Å². The molecule has 0 aromatic carbocycles. The molecule has 0 atom stereocenters. The summed E-state index contributed by atoms with van der Waals surface area (Å²) in [4.78, 5) is 8.22.